The van der Waals surface area contributed by atoms with E-state index in [0.717, 1.165) is 0 Å². The zero-order valence-corrected chi connectivity index (χ0v) is 11.2. The van der Waals surface area contributed by atoms with Gasteiger partial charge >= 0.3 is 18.0 Å². The molecule has 0 aromatic carbocycles. The van der Waals surface area contributed by atoms with Gasteiger partial charge in [0.05, 0.1) is 12.5 Å². The number of carbonyl (C=O) groups is 3. The number of aliphatic carboxylic acids is 1. The summed E-state index contributed by atoms with van der Waals surface area (Å²) in [6.07, 6.45) is 0.882. The lowest BCUT2D eigenvalue weighted by Crippen LogP contribution is -2.50. The molecule has 0 bridgehead atoms. The number of amides is 2. The van der Waals surface area contributed by atoms with Crippen LogP contribution in [0.1, 0.15) is 26.7 Å². The highest BCUT2D eigenvalue weighted by Crippen LogP contribution is 2.17. The van der Waals surface area contributed by atoms with E-state index in [1.54, 1.807) is 13.8 Å². The minimum Gasteiger partial charge on any atom is -0.481 e. The summed E-state index contributed by atoms with van der Waals surface area (Å²) in [4.78, 5) is 35.5. The highest BCUT2D eigenvalue weighted by atomic mass is 16.5. The molecule has 0 aromatic heterocycles. The molecule has 108 valence electrons. The zero-order valence-electron chi connectivity index (χ0n) is 11.2. The van der Waals surface area contributed by atoms with Crippen LogP contribution in [0.5, 0.6) is 0 Å². The largest absolute Gasteiger partial charge is 0.481 e. The molecule has 1 unspecified atom stereocenters. The van der Waals surface area contributed by atoms with Crippen molar-refractivity contribution in [3.63, 3.8) is 0 Å². The summed E-state index contributed by atoms with van der Waals surface area (Å²) in [5.41, 5.74) is 0. The minimum atomic E-state index is -0.819. The third-order valence-electron chi connectivity index (χ3n) is 3.11. The van der Waals surface area contributed by atoms with Crippen LogP contribution in [0.25, 0.3) is 0 Å². The van der Waals surface area contributed by atoms with E-state index in [1.807, 2.05) is 0 Å². The van der Waals surface area contributed by atoms with Crippen LogP contribution < -0.4 is 5.32 Å². The van der Waals surface area contributed by atoms with Crippen molar-refractivity contribution in [3.8, 4) is 0 Å². The van der Waals surface area contributed by atoms with E-state index >= 15 is 0 Å². The molecule has 0 spiro atoms. The van der Waals surface area contributed by atoms with Crippen LogP contribution in [0.4, 0.5) is 4.79 Å². The Morgan fingerprint density at radius 1 is 1.37 bits per heavy atom. The quantitative estimate of drug-likeness (QED) is 0.724. The summed E-state index contributed by atoms with van der Waals surface area (Å²) >= 11 is 0. The molecule has 1 saturated heterocycles. The first-order valence-electron chi connectivity index (χ1n) is 6.40. The number of rotatable bonds is 4. The van der Waals surface area contributed by atoms with Crippen molar-refractivity contribution in [2.75, 3.05) is 19.7 Å². The number of nitrogens with zero attached hydrogens (tertiary/aromatic N) is 1. The summed E-state index contributed by atoms with van der Waals surface area (Å²) in [5, 5.41) is 11.4. The molecule has 1 aliphatic heterocycles. The van der Waals surface area contributed by atoms with Crippen molar-refractivity contribution in [1.82, 2.24) is 10.2 Å². The monoisotopic (exact) mass is 272 g/mol. The van der Waals surface area contributed by atoms with Gasteiger partial charge in [0.1, 0.15) is 6.04 Å². The fourth-order valence-electron chi connectivity index (χ4n) is 1.93. The predicted molar refractivity (Wildman–Crippen MR) is 66.6 cm³/mol. The van der Waals surface area contributed by atoms with Gasteiger partial charge in [-0.05, 0) is 26.7 Å². The molecule has 2 amide bonds. The Morgan fingerprint density at radius 2 is 1.95 bits per heavy atom. The number of carbonyl (C=O) groups excluding carboxylic acids is 2. The number of piperidine rings is 1. The van der Waals surface area contributed by atoms with Crippen LogP contribution >= 0.6 is 0 Å². The van der Waals surface area contributed by atoms with Gasteiger partial charge in [-0.2, -0.15) is 0 Å². The standard InChI is InChI=1S/C12H20N2O5/c1-3-19-11(17)8(2)13-12(18)14-6-4-9(5-7-14)10(15)16/h8-9H,3-7H2,1-2H3,(H,13,18)(H,15,16). The summed E-state index contributed by atoms with van der Waals surface area (Å²) in [6.45, 7) is 4.29. The Hall–Kier alpha value is -1.79. The van der Waals surface area contributed by atoms with E-state index in [1.165, 1.54) is 4.90 Å². The SMILES string of the molecule is CCOC(=O)C(C)NC(=O)N1CCC(C(=O)O)CC1. The molecule has 0 aliphatic carbocycles. The molecule has 7 nitrogen and oxygen atoms in total. The maximum atomic E-state index is 11.9. The van der Waals surface area contributed by atoms with Crippen molar-refractivity contribution in [2.24, 2.45) is 5.92 Å². The Kier molecular flexibility index (Phi) is 5.59. The van der Waals surface area contributed by atoms with Crippen molar-refractivity contribution in [3.05, 3.63) is 0 Å². The van der Waals surface area contributed by atoms with Crippen molar-refractivity contribution < 1.29 is 24.2 Å². The first kappa shape index (κ1) is 15.3. The second kappa shape index (κ2) is 6.96. The highest BCUT2D eigenvalue weighted by Gasteiger charge is 2.28. The fraction of sp³-hybridized carbons (Fsp3) is 0.750. The molecule has 0 saturated carbocycles. The van der Waals surface area contributed by atoms with Crippen molar-refractivity contribution in [1.29, 1.82) is 0 Å². The summed E-state index contributed by atoms with van der Waals surface area (Å²) in [5.74, 6) is -1.68. The van der Waals surface area contributed by atoms with Crippen molar-refractivity contribution in [2.45, 2.75) is 32.7 Å². The summed E-state index contributed by atoms with van der Waals surface area (Å²) < 4.78 is 4.79. The van der Waals surface area contributed by atoms with Gasteiger partial charge in [-0.25, -0.2) is 9.59 Å². The molecule has 1 heterocycles. The molecule has 1 atom stereocenters. The first-order chi connectivity index (χ1) is 8.95. The molecular weight excluding hydrogens is 252 g/mol. The number of likely N-dealkylation sites (tertiary alicyclic amines) is 1. The minimum absolute atomic E-state index is 0.267. The average Bonchev–Trinajstić information content (AvgIpc) is 2.38. The Balaban J connectivity index is 2.39. The lowest BCUT2D eigenvalue weighted by molar-refractivity contribution is -0.145. The lowest BCUT2D eigenvalue weighted by Gasteiger charge is -2.30. The van der Waals surface area contributed by atoms with Crippen LogP contribution in [-0.4, -0.2) is 53.7 Å². The van der Waals surface area contributed by atoms with E-state index in [0.29, 0.717) is 25.9 Å². The van der Waals surface area contributed by atoms with Gasteiger partial charge < -0.3 is 20.1 Å². The number of hydrogen-bond donors (Lipinski definition) is 2. The number of hydrogen-bond acceptors (Lipinski definition) is 4. The number of carboxylic acid groups (broad SMARTS) is 1. The summed E-state index contributed by atoms with van der Waals surface area (Å²) in [7, 11) is 0. The van der Waals surface area contributed by atoms with Gasteiger partial charge in [-0.15, -0.1) is 0 Å². The Labute approximate surface area is 111 Å². The van der Waals surface area contributed by atoms with E-state index < -0.39 is 18.0 Å². The van der Waals surface area contributed by atoms with Crippen LogP contribution in [0.3, 0.4) is 0 Å². The van der Waals surface area contributed by atoms with E-state index in [9.17, 15) is 14.4 Å². The van der Waals surface area contributed by atoms with Gasteiger partial charge in [-0.1, -0.05) is 0 Å². The van der Waals surface area contributed by atoms with Gasteiger partial charge in [-0.3, -0.25) is 4.79 Å². The number of ether oxygens (including phenoxy) is 1. The highest BCUT2D eigenvalue weighted by molar-refractivity contribution is 5.83. The summed E-state index contributed by atoms with van der Waals surface area (Å²) in [6, 6.07) is -1.06. The van der Waals surface area contributed by atoms with Crippen LogP contribution in [0.2, 0.25) is 0 Å². The number of carboxylic acids is 1. The zero-order chi connectivity index (χ0) is 14.4. The van der Waals surface area contributed by atoms with Crippen molar-refractivity contribution >= 4 is 18.0 Å². The van der Waals surface area contributed by atoms with Gasteiger partial charge in [0, 0.05) is 13.1 Å². The molecular formula is C12H20N2O5. The topological polar surface area (TPSA) is 95.9 Å². The first-order valence-corrected chi connectivity index (χ1v) is 6.40. The van der Waals surface area contributed by atoms with E-state index in [-0.39, 0.29) is 18.6 Å². The lowest BCUT2D eigenvalue weighted by atomic mass is 9.97. The van der Waals surface area contributed by atoms with Crippen LogP contribution in [0, 0.1) is 5.92 Å². The molecule has 7 heteroatoms. The number of urea groups is 1. The average molecular weight is 272 g/mol. The third-order valence-corrected chi connectivity index (χ3v) is 3.11. The van der Waals surface area contributed by atoms with Crippen LogP contribution in [-0.2, 0) is 14.3 Å². The maximum Gasteiger partial charge on any atom is 0.328 e. The Bertz CT molecular complexity index is 350. The van der Waals surface area contributed by atoms with E-state index in [4.69, 9.17) is 9.84 Å². The fourth-order valence-corrected chi connectivity index (χ4v) is 1.93. The molecule has 1 fully saturated rings. The normalized spacial score (nSPS) is 17.7. The molecule has 2 N–H and O–H groups in total. The van der Waals surface area contributed by atoms with E-state index in [2.05, 4.69) is 5.32 Å². The number of esters is 1. The predicted octanol–water partition coefficient (Wildman–Crippen LogP) is 0.444. The maximum absolute atomic E-state index is 11.9. The van der Waals surface area contributed by atoms with Gasteiger partial charge in [0.15, 0.2) is 0 Å². The molecule has 19 heavy (non-hydrogen) atoms. The van der Waals surface area contributed by atoms with Gasteiger partial charge in [0.25, 0.3) is 0 Å². The number of nitrogens with one attached hydrogen (secondary N) is 1. The molecule has 0 radical (unpaired) electrons. The second-order valence-corrected chi connectivity index (χ2v) is 4.52. The van der Waals surface area contributed by atoms with Crippen LogP contribution in [0.15, 0.2) is 0 Å². The molecule has 1 aliphatic rings. The molecule has 0 aromatic rings. The third kappa shape index (κ3) is 4.42. The smallest absolute Gasteiger partial charge is 0.328 e. The second-order valence-electron chi connectivity index (χ2n) is 4.52. The Morgan fingerprint density at radius 3 is 2.42 bits per heavy atom. The molecule has 1 rings (SSSR count). The van der Waals surface area contributed by atoms with Gasteiger partial charge in [0.2, 0.25) is 0 Å².